The Bertz CT molecular complexity index is 384. The lowest BCUT2D eigenvalue weighted by Crippen LogP contribution is -2.70. The zero-order valence-electron chi connectivity index (χ0n) is 15.3. The molecule has 140 valence electrons. The number of hydrogen-bond donors (Lipinski definition) is 4. The van der Waals surface area contributed by atoms with E-state index in [9.17, 15) is 0 Å². The van der Waals surface area contributed by atoms with Crippen LogP contribution in [0.15, 0.2) is 0 Å². The van der Waals surface area contributed by atoms with Gasteiger partial charge >= 0.3 is 0 Å². The van der Waals surface area contributed by atoms with Crippen LogP contribution < -0.4 is 21.7 Å². The number of rotatable bonds is 6. The minimum absolute atomic E-state index is 0.115. The van der Waals surface area contributed by atoms with Gasteiger partial charge in [-0.25, -0.2) is 0 Å². The standard InChI is InChI=1S/C18H36N4O2/c1-23-15-8-7-12(11-16(15)24-2)9-10-20-18-21-14-6-4-3-5-13(14)17(19)22-18/h12-18,20-22H,3-11,19H2,1-2H3. The largest absolute Gasteiger partial charge is 0.379 e. The second-order valence-corrected chi connectivity index (χ2v) is 7.82. The van der Waals surface area contributed by atoms with E-state index < -0.39 is 0 Å². The molecule has 1 aliphatic heterocycles. The van der Waals surface area contributed by atoms with Gasteiger partial charge in [-0.05, 0) is 51.0 Å². The number of ether oxygens (including phenoxy) is 2. The minimum atomic E-state index is 0.115. The van der Waals surface area contributed by atoms with Crippen LogP contribution in [0.2, 0.25) is 0 Å². The van der Waals surface area contributed by atoms with E-state index in [1.807, 2.05) is 0 Å². The number of methoxy groups -OCH3 is 2. The Kier molecular flexibility index (Phi) is 6.89. The predicted molar refractivity (Wildman–Crippen MR) is 95.3 cm³/mol. The van der Waals surface area contributed by atoms with Gasteiger partial charge in [0.15, 0.2) is 0 Å². The molecule has 0 amide bonds. The molecule has 3 rings (SSSR count). The summed E-state index contributed by atoms with van der Waals surface area (Å²) in [7, 11) is 3.59. The Morgan fingerprint density at radius 3 is 2.58 bits per heavy atom. The molecule has 2 aliphatic carbocycles. The molecule has 3 fully saturated rings. The molecule has 6 nitrogen and oxygen atoms in total. The van der Waals surface area contributed by atoms with Crippen molar-refractivity contribution in [2.75, 3.05) is 20.8 Å². The van der Waals surface area contributed by atoms with Crippen molar-refractivity contribution in [1.29, 1.82) is 0 Å². The molecule has 0 radical (unpaired) electrons. The molecule has 0 bridgehead atoms. The summed E-state index contributed by atoms with van der Waals surface area (Å²) < 4.78 is 11.1. The summed E-state index contributed by atoms with van der Waals surface area (Å²) in [6.07, 6.45) is 10.6. The van der Waals surface area contributed by atoms with Crippen molar-refractivity contribution >= 4 is 0 Å². The summed E-state index contributed by atoms with van der Waals surface area (Å²) in [5, 5.41) is 10.8. The first kappa shape index (κ1) is 18.5. The molecule has 0 aromatic carbocycles. The van der Waals surface area contributed by atoms with E-state index in [0.717, 1.165) is 19.4 Å². The summed E-state index contributed by atoms with van der Waals surface area (Å²) in [6.45, 7) is 1.01. The van der Waals surface area contributed by atoms with Crippen molar-refractivity contribution in [1.82, 2.24) is 16.0 Å². The topological polar surface area (TPSA) is 80.6 Å². The fourth-order valence-corrected chi connectivity index (χ4v) is 4.89. The van der Waals surface area contributed by atoms with Crippen LogP contribution in [0.3, 0.4) is 0 Å². The molecule has 7 unspecified atom stereocenters. The van der Waals surface area contributed by atoms with E-state index in [1.54, 1.807) is 14.2 Å². The highest BCUT2D eigenvalue weighted by Gasteiger charge is 2.36. The average Bonchev–Trinajstić information content (AvgIpc) is 2.61. The molecule has 3 aliphatic rings. The Hall–Kier alpha value is -0.240. The molecule has 1 heterocycles. The van der Waals surface area contributed by atoms with Gasteiger partial charge in [-0.3, -0.25) is 16.0 Å². The lowest BCUT2D eigenvalue weighted by atomic mass is 9.81. The molecule has 0 aromatic rings. The smallest absolute Gasteiger partial charge is 0.113 e. The molecule has 24 heavy (non-hydrogen) atoms. The highest BCUT2D eigenvalue weighted by molar-refractivity contribution is 4.93. The van der Waals surface area contributed by atoms with Gasteiger partial charge in [0, 0.05) is 26.2 Å². The van der Waals surface area contributed by atoms with Gasteiger partial charge < -0.3 is 15.2 Å². The summed E-state index contributed by atoms with van der Waals surface area (Å²) >= 11 is 0. The Labute approximate surface area is 146 Å². The van der Waals surface area contributed by atoms with E-state index in [-0.39, 0.29) is 24.7 Å². The van der Waals surface area contributed by atoms with Gasteiger partial charge in [-0.1, -0.05) is 12.8 Å². The first-order valence-electron chi connectivity index (χ1n) is 9.78. The van der Waals surface area contributed by atoms with Crippen molar-refractivity contribution in [2.45, 2.75) is 82.1 Å². The molecular formula is C18H36N4O2. The lowest BCUT2D eigenvalue weighted by Gasteiger charge is -2.45. The quantitative estimate of drug-likeness (QED) is 0.580. The van der Waals surface area contributed by atoms with Crippen LogP contribution in [0.5, 0.6) is 0 Å². The maximum Gasteiger partial charge on any atom is 0.113 e. The van der Waals surface area contributed by atoms with E-state index >= 15 is 0 Å². The van der Waals surface area contributed by atoms with Crippen LogP contribution in [0.1, 0.15) is 51.4 Å². The molecule has 7 atom stereocenters. The van der Waals surface area contributed by atoms with Gasteiger partial charge in [-0.2, -0.15) is 0 Å². The Balaban J connectivity index is 1.39. The number of nitrogens with one attached hydrogen (secondary N) is 3. The van der Waals surface area contributed by atoms with E-state index in [2.05, 4.69) is 16.0 Å². The zero-order valence-corrected chi connectivity index (χ0v) is 15.3. The fraction of sp³-hybridized carbons (Fsp3) is 1.00. The zero-order chi connectivity index (χ0) is 16.9. The number of nitrogens with two attached hydrogens (primary N) is 1. The summed E-state index contributed by atoms with van der Waals surface area (Å²) in [5.74, 6) is 1.30. The molecular weight excluding hydrogens is 304 g/mol. The van der Waals surface area contributed by atoms with E-state index in [0.29, 0.717) is 17.9 Å². The normalized spacial score (nSPS) is 43.4. The molecule has 2 saturated carbocycles. The van der Waals surface area contributed by atoms with Crippen LogP contribution in [0.25, 0.3) is 0 Å². The van der Waals surface area contributed by atoms with Crippen LogP contribution in [0, 0.1) is 11.8 Å². The summed E-state index contributed by atoms with van der Waals surface area (Å²) in [6, 6.07) is 0.572. The maximum absolute atomic E-state index is 6.34. The minimum Gasteiger partial charge on any atom is -0.379 e. The third-order valence-corrected chi connectivity index (χ3v) is 6.37. The summed E-state index contributed by atoms with van der Waals surface area (Å²) in [5.41, 5.74) is 6.34. The average molecular weight is 341 g/mol. The maximum atomic E-state index is 6.34. The highest BCUT2D eigenvalue weighted by Crippen LogP contribution is 2.30. The van der Waals surface area contributed by atoms with Gasteiger partial charge in [0.25, 0.3) is 0 Å². The van der Waals surface area contributed by atoms with Gasteiger partial charge in [0.1, 0.15) is 6.29 Å². The van der Waals surface area contributed by atoms with Gasteiger partial charge in [-0.15, -0.1) is 0 Å². The van der Waals surface area contributed by atoms with Crippen LogP contribution in [-0.4, -0.2) is 51.5 Å². The second-order valence-electron chi connectivity index (χ2n) is 7.82. The SMILES string of the molecule is COC1CCC(CCNC2NC(N)C3CCCCC3N2)CC1OC. The van der Waals surface area contributed by atoms with Crippen molar-refractivity contribution in [2.24, 2.45) is 17.6 Å². The third-order valence-electron chi connectivity index (χ3n) is 6.37. The third kappa shape index (κ3) is 4.48. The Morgan fingerprint density at radius 1 is 1.00 bits per heavy atom. The van der Waals surface area contributed by atoms with Crippen molar-refractivity contribution in [3.05, 3.63) is 0 Å². The van der Waals surface area contributed by atoms with Gasteiger partial charge in [0.2, 0.25) is 0 Å². The fourth-order valence-electron chi connectivity index (χ4n) is 4.89. The predicted octanol–water partition coefficient (Wildman–Crippen LogP) is 1.12. The first-order chi connectivity index (χ1) is 11.7. The van der Waals surface area contributed by atoms with E-state index in [4.69, 9.17) is 15.2 Å². The molecule has 0 spiro atoms. The molecule has 5 N–H and O–H groups in total. The van der Waals surface area contributed by atoms with E-state index in [1.165, 1.54) is 38.5 Å². The van der Waals surface area contributed by atoms with Crippen LogP contribution in [0.4, 0.5) is 0 Å². The van der Waals surface area contributed by atoms with Crippen LogP contribution >= 0.6 is 0 Å². The molecule has 0 aromatic heterocycles. The van der Waals surface area contributed by atoms with Crippen molar-refractivity contribution < 1.29 is 9.47 Å². The molecule has 6 heteroatoms. The number of hydrogen-bond acceptors (Lipinski definition) is 6. The van der Waals surface area contributed by atoms with Crippen molar-refractivity contribution in [3.8, 4) is 0 Å². The summed E-state index contributed by atoms with van der Waals surface area (Å²) in [4.78, 5) is 0. The van der Waals surface area contributed by atoms with Crippen LogP contribution in [-0.2, 0) is 9.47 Å². The van der Waals surface area contributed by atoms with Gasteiger partial charge in [0.05, 0.1) is 18.4 Å². The monoisotopic (exact) mass is 340 g/mol. The lowest BCUT2D eigenvalue weighted by molar-refractivity contribution is -0.0711. The van der Waals surface area contributed by atoms with Crippen molar-refractivity contribution in [3.63, 3.8) is 0 Å². The molecule has 1 saturated heterocycles. The highest BCUT2D eigenvalue weighted by atomic mass is 16.5. The first-order valence-corrected chi connectivity index (χ1v) is 9.78. The second kappa shape index (κ2) is 8.92. The Morgan fingerprint density at radius 2 is 1.79 bits per heavy atom. The number of fused-ring (bicyclic) bond motifs is 1.